The first-order valence-corrected chi connectivity index (χ1v) is 5.21. The van der Waals surface area contributed by atoms with Gasteiger partial charge in [-0.1, -0.05) is 11.6 Å². The van der Waals surface area contributed by atoms with Gasteiger partial charge in [-0.15, -0.1) is 0 Å². The first-order chi connectivity index (χ1) is 8.56. The van der Waals surface area contributed by atoms with Gasteiger partial charge in [-0.2, -0.15) is 0 Å². The van der Waals surface area contributed by atoms with E-state index in [1.165, 1.54) is 24.4 Å². The molecule has 0 unspecified atom stereocenters. The second-order valence-electron chi connectivity index (χ2n) is 3.34. The fraction of sp³-hybridized carbons (Fsp3) is 0. The Morgan fingerprint density at radius 1 is 1.33 bits per heavy atom. The summed E-state index contributed by atoms with van der Waals surface area (Å²) in [5.74, 6) is -1.35. The van der Waals surface area contributed by atoms with E-state index in [1.54, 1.807) is 0 Å². The standard InChI is InChI=1S/C11H7ClFN3O2/c12-7-2-1-6(13)3-8(7)16-10-5-14-9(4-15-10)11(17)18/h1-5H,(H,15,16)(H,17,18). The van der Waals surface area contributed by atoms with E-state index in [4.69, 9.17) is 16.7 Å². The van der Waals surface area contributed by atoms with E-state index in [9.17, 15) is 9.18 Å². The van der Waals surface area contributed by atoms with Crippen molar-refractivity contribution in [1.29, 1.82) is 0 Å². The van der Waals surface area contributed by atoms with Gasteiger partial charge in [0.25, 0.3) is 0 Å². The van der Waals surface area contributed by atoms with Crippen molar-refractivity contribution in [1.82, 2.24) is 9.97 Å². The van der Waals surface area contributed by atoms with Crippen LogP contribution in [0.15, 0.2) is 30.6 Å². The van der Waals surface area contributed by atoms with Crippen LogP contribution < -0.4 is 5.32 Å². The third-order valence-electron chi connectivity index (χ3n) is 2.06. The number of rotatable bonds is 3. The maximum atomic E-state index is 13.0. The minimum absolute atomic E-state index is 0.175. The molecule has 5 nitrogen and oxygen atoms in total. The third-order valence-corrected chi connectivity index (χ3v) is 2.39. The molecule has 0 saturated carbocycles. The van der Waals surface area contributed by atoms with Gasteiger partial charge >= 0.3 is 5.97 Å². The Balaban J connectivity index is 2.23. The molecule has 0 fully saturated rings. The molecule has 1 heterocycles. The smallest absolute Gasteiger partial charge is 0.356 e. The first-order valence-electron chi connectivity index (χ1n) is 4.83. The predicted octanol–water partition coefficient (Wildman–Crippen LogP) is 2.71. The summed E-state index contributed by atoms with van der Waals surface area (Å²) in [6.45, 7) is 0. The number of hydrogen-bond donors (Lipinski definition) is 2. The van der Waals surface area contributed by atoms with Crippen molar-refractivity contribution in [3.8, 4) is 0 Å². The van der Waals surface area contributed by atoms with Gasteiger partial charge in [0.05, 0.1) is 23.1 Å². The van der Waals surface area contributed by atoms with E-state index >= 15 is 0 Å². The number of hydrogen-bond acceptors (Lipinski definition) is 4. The van der Waals surface area contributed by atoms with Crippen molar-refractivity contribution in [2.24, 2.45) is 0 Å². The average molecular weight is 268 g/mol. The molecular weight excluding hydrogens is 261 g/mol. The fourth-order valence-electron chi connectivity index (χ4n) is 1.23. The third kappa shape index (κ3) is 2.72. The van der Waals surface area contributed by atoms with Gasteiger partial charge in [-0.3, -0.25) is 0 Å². The molecular formula is C11H7ClFN3O2. The number of carbonyl (C=O) groups is 1. The summed E-state index contributed by atoms with van der Waals surface area (Å²) in [7, 11) is 0. The number of nitrogens with zero attached hydrogens (tertiary/aromatic N) is 2. The van der Waals surface area contributed by atoms with Crippen LogP contribution in [-0.2, 0) is 0 Å². The minimum atomic E-state index is -1.17. The molecule has 0 aliphatic carbocycles. The van der Waals surface area contributed by atoms with Crippen molar-refractivity contribution in [2.45, 2.75) is 0 Å². The van der Waals surface area contributed by atoms with Crippen LogP contribution in [0.3, 0.4) is 0 Å². The molecule has 0 amide bonds. The molecule has 2 rings (SSSR count). The van der Waals surface area contributed by atoms with E-state index in [0.717, 1.165) is 6.20 Å². The van der Waals surface area contributed by atoms with Gasteiger partial charge in [-0.05, 0) is 18.2 Å². The Bertz CT molecular complexity index is 589. The molecule has 0 aliphatic heterocycles. The highest BCUT2D eigenvalue weighted by atomic mass is 35.5. The van der Waals surface area contributed by atoms with E-state index in [2.05, 4.69) is 15.3 Å². The highest BCUT2D eigenvalue weighted by Gasteiger charge is 2.07. The van der Waals surface area contributed by atoms with E-state index in [0.29, 0.717) is 10.7 Å². The van der Waals surface area contributed by atoms with E-state index < -0.39 is 11.8 Å². The van der Waals surface area contributed by atoms with Crippen LogP contribution in [0.25, 0.3) is 0 Å². The SMILES string of the molecule is O=C(O)c1cnc(Nc2cc(F)ccc2Cl)cn1. The van der Waals surface area contributed by atoms with Crippen molar-refractivity contribution in [3.63, 3.8) is 0 Å². The van der Waals surface area contributed by atoms with E-state index in [-0.39, 0.29) is 11.5 Å². The minimum Gasteiger partial charge on any atom is -0.476 e. The highest BCUT2D eigenvalue weighted by Crippen LogP contribution is 2.24. The van der Waals surface area contributed by atoms with Gasteiger partial charge in [0.1, 0.15) is 11.6 Å². The van der Waals surface area contributed by atoms with Gasteiger partial charge in [0.15, 0.2) is 5.69 Å². The predicted molar refractivity (Wildman–Crippen MR) is 63.7 cm³/mol. The lowest BCUT2D eigenvalue weighted by atomic mass is 10.3. The van der Waals surface area contributed by atoms with Gasteiger partial charge in [0.2, 0.25) is 0 Å². The summed E-state index contributed by atoms with van der Waals surface area (Å²) in [5.41, 5.74) is 0.153. The number of aromatic carboxylic acids is 1. The lowest BCUT2D eigenvalue weighted by Crippen LogP contribution is -2.03. The molecule has 0 saturated heterocycles. The number of halogens is 2. The number of carboxylic acids is 1. The molecule has 92 valence electrons. The van der Waals surface area contributed by atoms with Crippen LogP contribution in [0, 0.1) is 5.82 Å². The molecule has 0 atom stereocenters. The average Bonchev–Trinajstić information content (AvgIpc) is 2.34. The molecule has 1 aromatic carbocycles. The summed E-state index contributed by atoms with van der Waals surface area (Å²) in [6.07, 6.45) is 2.32. The van der Waals surface area contributed by atoms with Crippen LogP contribution >= 0.6 is 11.6 Å². The van der Waals surface area contributed by atoms with Crippen molar-refractivity contribution in [2.75, 3.05) is 5.32 Å². The summed E-state index contributed by atoms with van der Waals surface area (Å²) in [6, 6.07) is 3.83. The number of benzene rings is 1. The molecule has 2 aromatic rings. The monoisotopic (exact) mass is 267 g/mol. The normalized spacial score (nSPS) is 10.1. The number of anilines is 2. The topological polar surface area (TPSA) is 75.1 Å². The van der Waals surface area contributed by atoms with Crippen molar-refractivity contribution < 1.29 is 14.3 Å². The molecule has 18 heavy (non-hydrogen) atoms. The zero-order valence-corrected chi connectivity index (χ0v) is 9.65. The Labute approximate surface area is 106 Å². The van der Waals surface area contributed by atoms with Crippen LogP contribution in [0.5, 0.6) is 0 Å². The van der Waals surface area contributed by atoms with Gasteiger partial charge in [0, 0.05) is 0 Å². The number of nitrogens with one attached hydrogen (secondary N) is 1. The molecule has 2 N–H and O–H groups in total. The molecule has 1 aromatic heterocycles. The quantitative estimate of drug-likeness (QED) is 0.894. The number of aromatic nitrogens is 2. The fourth-order valence-corrected chi connectivity index (χ4v) is 1.40. The number of carboxylic acid groups (broad SMARTS) is 1. The Morgan fingerprint density at radius 3 is 2.72 bits per heavy atom. The molecule has 0 aliphatic rings. The largest absolute Gasteiger partial charge is 0.476 e. The molecule has 0 bridgehead atoms. The molecule has 7 heteroatoms. The Morgan fingerprint density at radius 2 is 2.11 bits per heavy atom. The zero-order chi connectivity index (χ0) is 13.1. The van der Waals surface area contributed by atoms with Crippen LogP contribution in [-0.4, -0.2) is 21.0 Å². The maximum absolute atomic E-state index is 13.0. The summed E-state index contributed by atoms with van der Waals surface area (Å²) in [4.78, 5) is 18.1. The first kappa shape index (κ1) is 12.3. The van der Waals surface area contributed by atoms with Gasteiger partial charge in [-0.25, -0.2) is 19.2 Å². The Kier molecular flexibility index (Phi) is 3.38. The summed E-state index contributed by atoms with van der Waals surface area (Å²) in [5, 5.41) is 11.7. The van der Waals surface area contributed by atoms with E-state index in [1.807, 2.05) is 0 Å². The van der Waals surface area contributed by atoms with Crippen LogP contribution in [0.2, 0.25) is 5.02 Å². The van der Waals surface area contributed by atoms with Crippen LogP contribution in [0.4, 0.5) is 15.9 Å². The second kappa shape index (κ2) is 4.97. The highest BCUT2D eigenvalue weighted by molar-refractivity contribution is 6.33. The van der Waals surface area contributed by atoms with Crippen molar-refractivity contribution in [3.05, 3.63) is 47.1 Å². The maximum Gasteiger partial charge on any atom is 0.356 e. The molecule has 0 spiro atoms. The van der Waals surface area contributed by atoms with Crippen LogP contribution in [0.1, 0.15) is 10.5 Å². The van der Waals surface area contributed by atoms with Gasteiger partial charge < -0.3 is 10.4 Å². The lowest BCUT2D eigenvalue weighted by molar-refractivity contribution is 0.0690. The molecule has 0 radical (unpaired) electrons. The Hall–Kier alpha value is -2.21. The summed E-state index contributed by atoms with van der Waals surface area (Å²) >= 11 is 5.86. The zero-order valence-electron chi connectivity index (χ0n) is 8.89. The lowest BCUT2D eigenvalue weighted by Gasteiger charge is -2.07. The van der Waals surface area contributed by atoms with Crippen molar-refractivity contribution >= 4 is 29.1 Å². The summed E-state index contributed by atoms with van der Waals surface area (Å²) < 4.78 is 13.0. The second-order valence-corrected chi connectivity index (χ2v) is 3.75.